The van der Waals surface area contributed by atoms with E-state index >= 15 is 0 Å². The lowest BCUT2D eigenvalue weighted by Gasteiger charge is -2.18. The molecule has 1 aliphatic rings. The first-order valence-corrected chi connectivity index (χ1v) is 6.29. The minimum atomic E-state index is -1.08. The minimum Gasteiger partial charge on any atom is -0.480 e. The highest BCUT2D eigenvalue weighted by Crippen LogP contribution is 2.23. The molecule has 0 unspecified atom stereocenters. The van der Waals surface area contributed by atoms with Crippen LogP contribution in [-0.2, 0) is 9.59 Å². The number of hydrogen-bond donors (Lipinski definition) is 3. The number of carbonyl (C=O) groups excluding carboxylic acids is 1. The molecule has 0 aromatic heterocycles. The van der Waals surface area contributed by atoms with Gasteiger partial charge < -0.3 is 15.5 Å². The van der Waals surface area contributed by atoms with Gasteiger partial charge in [0.2, 0.25) is 5.91 Å². The summed E-state index contributed by atoms with van der Waals surface area (Å²) >= 11 is 0. The standard InChI is InChI=1S/C12H21NO4/c14-8-7-10(12(16)17)13-11(15)9-5-3-1-2-4-6-9/h9-10,14H,1-8H2,(H,13,15)(H,16,17)/t10-/m1/s1. The molecule has 1 saturated carbocycles. The summed E-state index contributed by atoms with van der Waals surface area (Å²) in [6.07, 6.45) is 6.14. The van der Waals surface area contributed by atoms with Gasteiger partial charge in [-0.05, 0) is 12.8 Å². The summed E-state index contributed by atoms with van der Waals surface area (Å²) < 4.78 is 0. The summed E-state index contributed by atoms with van der Waals surface area (Å²) in [5.41, 5.74) is 0. The Balaban J connectivity index is 2.47. The number of aliphatic hydroxyl groups is 1. The molecule has 0 saturated heterocycles. The minimum absolute atomic E-state index is 0.0574. The van der Waals surface area contributed by atoms with Crippen molar-refractivity contribution in [1.29, 1.82) is 0 Å². The Morgan fingerprint density at radius 3 is 2.24 bits per heavy atom. The number of amides is 1. The van der Waals surface area contributed by atoms with E-state index in [1.54, 1.807) is 0 Å². The second-order valence-electron chi connectivity index (χ2n) is 4.60. The van der Waals surface area contributed by atoms with E-state index in [-0.39, 0.29) is 24.9 Å². The highest BCUT2D eigenvalue weighted by molar-refractivity contribution is 5.84. The Morgan fingerprint density at radius 1 is 1.18 bits per heavy atom. The van der Waals surface area contributed by atoms with E-state index < -0.39 is 12.0 Å². The van der Waals surface area contributed by atoms with Crippen LogP contribution in [0.5, 0.6) is 0 Å². The molecule has 0 aromatic rings. The summed E-state index contributed by atoms with van der Waals surface area (Å²) in [7, 11) is 0. The van der Waals surface area contributed by atoms with Crippen LogP contribution < -0.4 is 5.32 Å². The maximum Gasteiger partial charge on any atom is 0.326 e. The van der Waals surface area contributed by atoms with Gasteiger partial charge in [-0.15, -0.1) is 0 Å². The van der Waals surface area contributed by atoms with Crippen molar-refractivity contribution < 1.29 is 19.8 Å². The van der Waals surface area contributed by atoms with Gasteiger partial charge in [0.1, 0.15) is 6.04 Å². The quantitative estimate of drug-likeness (QED) is 0.626. The Labute approximate surface area is 101 Å². The molecule has 5 nitrogen and oxygen atoms in total. The third kappa shape index (κ3) is 4.73. The first-order valence-electron chi connectivity index (χ1n) is 6.29. The largest absolute Gasteiger partial charge is 0.480 e. The van der Waals surface area contributed by atoms with Crippen molar-refractivity contribution in [2.75, 3.05) is 6.61 Å². The average molecular weight is 243 g/mol. The van der Waals surface area contributed by atoms with Crippen LogP contribution >= 0.6 is 0 Å². The molecule has 0 aromatic carbocycles. The van der Waals surface area contributed by atoms with Crippen LogP contribution in [0.4, 0.5) is 0 Å². The van der Waals surface area contributed by atoms with Gasteiger partial charge in [-0.1, -0.05) is 25.7 Å². The number of aliphatic hydroxyl groups excluding tert-OH is 1. The summed E-state index contributed by atoms with van der Waals surface area (Å²) in [6, 6.07) is -0.962. The van der Waals surface area contributed by atoms with Gasteiger partial charge in [-0.3, -0.25) is 4.79 Å². The fourth-order valence-electron chi connectivity index (χ4n) is 2.22. The van der Waals surface area contributed by atoms with E-state index in [1.807, 2.05) is 0 Å². The van der Waals surface area contributed by atoms with Crippen LogP contribution in [0.1, 0.15) is 44.9 Å². The van der Waals surface area contributed by atoms with Gasteiger partial charge >= 0.3 is 5.97 Å². The van der Waals surface area contributed by atoms with Gasteiger partial charge in [0, 0.05) is 18.9 Å². The molecule has 1 aliphatic carbocycles. The molecule has 17 heavy (non-hydrogen) atoms. The fraction of sp³-hybridized carbons (Fsp3) is 0.833. The molecule has 0 spiro atoms. The number of rotatable bonds is 5. The maximum atomic E-state index is 11.9. The molecular weight excluding hydrogens is 222 g/mol. The van der Waals surface area contributed by atoms with Gasteiger partial charge in [-0.25, -0.2) is 4.79 Å². The highest BCUT2D eigenvalue weighted by Gasteiger charge is 2.25. The molecule has 3 N–H and O–H groups in total. The number of nitrogens with one attached hydrogen (secondary N) is 1. The summed E-state index contributed by atoms with van der Waals surface area (Å²) in [6.45, 7) is -0.234. The Morgan fingerprint density at radius 2 is 1.76 bits per heavy atom. The van der Waals surface area contributed by atoms with E-state index in [1.165, 1.54) is 0 Å². The van der Waals surface area contributed by atoms with E-state index in [0.717, 1.165) is 38.5 Å². The molecule has 5 heteroatoms. The normalized spacial score (nSPS) is 19.4. The summed E-state index contributed by atoms with van der Waals surface area (Å²) in [4.78, 5) is 22.7. The molecule has 1 fully saturated rings. The number of carboxylic acids is 1. The Bertz CT molecular complexity index is 259. The van der Waals surface area contributed by atoms with Crippen LogP contribution in [0.3, 0.4) is 0 Å². The van der Waals surface area contributed by atoms with Crippen LogP contribution in [0, 0.1) is 5.92 Å². The van der Waals surface area contributed by atoms with Crippen LogP contribution in [0.2, 0.25) is 0 Å². The first-order chi connectivity index (χ1) is 8.15. The van der Waals surface area contributed by atoms with Crippen molar-refractivity contribution in [3.63, 3.8) is 0 Å². The topological polar surface area (TPSA) is 86.6 Å². The molecule has 0 bridgehead atoms. The monoisotopic (exact) mass is 243 g/mol. The van der Waals surface area contributed by atoms with Gasteiger partial charge in [-0.2, -0.15) is 0 Å². The Hall–Kier alpha value is -1.10. The van der Waals surface area contributed by atoms with E-state index in [0.29, 0.717) is 0 Å². The highest BCUT2D eigenvalue weighted by atomic mass is 16.4. The lowest BCUT2D eigenvalue weighted by Crippen LogP contribution is -2.44. The molecule has 0 aliphatic heterocycles. The van der Waals surface area contributed by atoms with E-state index in [9.17, 15) is 9.59 Å². The van der Waals surface area contributed by atoms with Gasteiger partial charge in [0.25, 0.3) is 0 Å². The molecule has 0 heterocycles. The maximum absolute atomic E-state index is 11.9. The van der Waals surface area contributed by atoms with Crippen molar-refractivity contribution >= 4 is 11.9 Å². The van der Waals surface area contributed by atoms with E-state index in [2.05, 4.69) is 5.32 Å². The van der Waals surface area contributed by atoms with Crippen molar-refractivity contribution in [3.8, 4) is 0 Å². The molecular formula is C12H21NO4. The zero-order chi connectivity index (χ0) is 12.7. The van der Waals surface area contributed by atoms with Crippen molar-refractivity contribution in [2.24, 2.45) is 5.92 Å². The predicted molar refractivity (Wildman–Crippen MR) is 62.5 cm³/mol. The Kier molecular flexibility index (Phi) is 5.97. The molecule has 1 amide bonds. The van der Waals surface area contributed by atoms with Gasteiger partial charge in [0.05, 0.1) is 0 Å². The summed E-state index contributed by atoms with van der Waals surface area (Å²) in [5.74, 6) is -1.31. The molecule has 1 atom stereocenters. The summed E-state index contributed by atoms with van der Waals surface area (Å²) in [5, 5.41) is 20.1. The van der Waals surface area contributed by atoms with Crippen molar-refractivity contribution in [1.82, 2.24) is 5.32 Å². The van der Waals surface area contributed by atoms with Gasteiger partial charge in [0.15, 0.2) is 0 Å². The van der Waals surface area contributed by atoms with Crippen LogP contribution in [0.25, 0.3) is 0 Å². The molecule has 0 radical (unpaired) electrons. The number of carbonyl (C=O) groups is 2. The SMILES string of the molecule is O=C(N[C@H](CCO)C(=O)O)C1CCCCCC1. The average Bonchev–Trinajstić information content (AvgIpc) is 2.56. The van der Waals surface area contributed by atoms with E-state index in [4.69, 9.17) is 10.2 Å². The number of hydrogen-bond acceptors (Lipinski definition) is 3. The van der Waals surface area contributed by atoms with Crippen molar-refractivity contribution in [3.05, 3.63) is 0 Å². The zero-order valence-corrected chi connectivity index (χ0v) is 10.0. The smallest absolute Gasteiger partial charge is 0.326 e. The van der Waals surface area contributed by atoms with Crippen molar-refractivity contribution in [2.45, 2.75) is 51.0 Å². The third-order valence-electron chi connectivity index (χ3n) is 3.26. The molecule has 1 rings (SSSR count). The predicted octanol–water partition coefficient (Wildman–Crippen LogP) is 0.909. The lowest BCUT2D eigenvalue weighted by atomic mass is 9.99. The number of aliphatic carboxylic acids is 1. The second-order valence-corrected chi connectivity index (χ2v) is 4.60. The third-order valence-corrected chi connectivity index (χ3v) is 3.26. The zero-order valence-electron chi connectivity index (χ0n) is 10.0. The van der Waals surface area contributed by atoms with Crippen LogP contribution in [-0.4, -0.2) is 34.7 Å². The second kappa shape index (κ2) is 7.27. The lowest BCUT2D eigenvalue weighted by molar-refractivity contribution is -0.143. The number of carboxylic acid groups (broad SMARTS) is 1. The molecule has 98 valence electrons. The van der Waals surface area contributed by atoms with Crippen LogP contribution in [0.15, 0.2) is 0 Å². The fourth-order valence-corrected chi connectivity index (χ4v) is 2.22. The first kappa shape index (κ1) is 14.0.